The summed E-state index contributed by atoms with van der Waals surface area (Å²) >= 11 is 0. The summed E-state index contributed by atoms with van der Waals surface area (Å²) in [5, 5.41) is 35.3. The van der Waals surface area contributed by atoms with Gasteiger partial charge in [0.15, 0.2) is 0 Å². The minimum absolute atomic E-state index is 0. The second kappa shape index (κ2) is 7.19. The van der Waals surface area contributed by atoms with Crippen LogP contribution < -0.4 is 5.73 Å². The Bertz CT molecular complexity index is 184. The molecule has 13 heavy (non-hydrogen) atoms. The van der Waals surface area contributed by atoms with Crippen LogP contribution in [0.4, 0.5) is 0 Å². The van der Waals surface area contributed by atoms with Crippen LogP contribution in [-0.4, -0.2) is 57.6 Å². The van der Waals surface area contributed by atoms with Crippen LogP contribution in [0.3, 0.4) is 0 Å². The molecular weight excluding hydrogens is 202 g/mol. The normalized spacial score (nSPS) is 20.5. The molecule has 6 nitrogen and oxygen atoms in total. The average Bonchev–Trinajstić information content (AvgIpc) is 2.12. The predicted molar refractivity (Wildman–Crippen MR) is 46.4 cm³/mol. The fourth-order valence-electron chi connectivity index (χ4n) is 0.618. The van der Waals surface area contributed by atoms with Crippen LogP contribution in [0.1, 0.15) is 1.37 Å². The first kappa shape index (κ1) is 12.8. The maximum atomic E-state index is 10.3. The predicted octanol–water partition coefficient (Wildman–Crippen LogP) is -2.99. The van der Waals surface area contributed by atoms with E-state index in [9.17, 15) is 4.79 Å². The molecule has 0 rings (SSSR count). The summed E-state index contributed by atoms with van der Waals surface area (Å²) in [5.41, 5.74) is 5.01. The lowest BCUT2D eigenvalue weighted by Gasteiger charge is -2.23. The van der Waals surface area contributed by atoms with Crippen LogP contribution in [0, 0.1) is 0 Å². The number of aldehydes is 1. The molecular formula is C6H14ClNO5. The molecule has 0 radical (unpaired) electrons. The lowest BCUT2D eigenvalue weighted by molar-refractivity contribution is -0.118. The Morgan fingerprint density at radius 3 is 2.15 bits per heavy atom. The molecule has 80 valence electrons. The van der Waals surface area contributed by atoms with Gasteiger partial charge in [-0.2, -0.15) is 0 Å². The van der Waals surface area contributed by atoms with Crippen molar-refractivity contribution >= 4 is 18.7 Å². The van der Waals surface area contributed by atoms with E-state index >= 15 is 0 Å². The number of rotatable bonds is 5. The summed E-state index contributed by atoms with van der Waals surface area (Å²) in [6.45, 7) is -0.767. The van der Waals surface area contributed by atoms with Crippen molar-refractivity contribution in [1.29, 1.82) is 0 Å². The van der Waals surface area contributed by atoms with Gasteiger partial charge in [-0.25, -0.2) is 0 Å². The first-order valence-corrected chi connectivity index (χ1v) is 3.33. The summed E-state index contributed by atoms with van der Waals surface area (Å²) in [6, 6.07) is -1.59. The topological polar surface area (TPSA) is 124 Å². The van der Waals surface area contributed by atoms with Gasteiger partial charge in [-0.3, -0.25) is 0 Å². The van der Waals surface area contributed by atoms with E-state index < -0.39 is 37.2 Å². The van der Waals surface area contributed by atoms with Crippen molar-refractivity contribution in [3.63, 3.8) is 0 Å². The standard InChI is InChI=1S/C6H13NO5.ClH/c7-3(1-8)5(11)6(12)4(10)2-9;/h1,3-6,9-12H,2,7H2;1H/t3-,4+,5+,6-;/m0./s1/i1T;. The smallest absolute Gasteiger partial charge is 0.139 e. The van der Waals surface area contributed by atoms with E-state index in [1.54, 1.807) is 0 Å². The fourth-order valence-corrected chi connectivity index (χ4v) is 0.618. The third-order valence-electron chi connectivity index (χ3n) is 1.44. The Kier molecular flexibility index (Phi) is 7.06. The van der Waals surface area contributed by atoms with Gasteiger partial charge in [0.05, 0.1) is 12.6 Å². The number of halogens is 1. The van der Waals surface area contributed by atoms with Crippen LogP contribution in [0.15, 0.2) is 0 Å². The number of nitrogens with two attached hydrogens (primary N) is 1. The van der Waals surface area contributed by atoms with Gasteiger partial charge in [0.25, 0.3) is 0 Å². The lowest BCUT2D eigenvalue weighted by atomic mass is 10.0. The molecule has 0 spiro atoms. The van der Waals surface area contributed by atoms with E-state index in [1.165, 1.54) is 0 Å². The van der Waals surface area contributed by atoms with E-state index in [0.29, 0.717) is 0 Å². The van der Waals surface area contributed by atoms with Gasteiger partial charge in [0.1, 0.15) is 25.9 Å². The Labute approximate surface area is 82.8 Å². The third kappa shape index (κ3) is 4.51. The van der Waals surface area contributed by atoms with Crippen molar-refractivity contribution < 1.29 is 26.6 Å². The van der Waals surface area contributed by atoms with Crippen LogP contribution in [0.25, 0.3) is 0 Å². The largest absolute Gasteiger partial charge is 0.394 e. The van der Waals surface area contributed by atoms with Crippen LogP contribution >= 0.6 is 12.4 Å². The molecule has 0 saturated carbocycles. The minimum Gasteiger partial charge on any atom is -0.394 e. The second-order valence-electron chi connectivity index (χ2n) is 2.37. The molecule has 0 aromatic carbocycles. The average molecular weight is 218 g/mol. The first-order valence-electron chi connectivity index (χ1n) is 3.83. The second-order valence-corrected chi connectivity index (χ2v) is 2.37. The van der Waals surface area contributed by atoms with E-state index in [4.69, 9.17) is 27.5 Å². The summed E-state index contributed by atoms with van der Waals surface area (Å²) in [5.74, 6) is 0. The third-order valence-corrected chi connectivity index (χ3v) is 1.44. The zero-order valence-corrected chi connectivity index (χ0v) is 7.52. The minimum atomic E-state index is -1.76. The number of aliphatic hydroxyl groups excluding tert-OH is 4. The van der Waals surface area contributed by atoms with Crippen molar-refractivity contribution in [3.8, 4) is 0 Å². The quantitative estimate of drug-likeness (QED) is 0.313. The summed E-state index contributed by atoms with van der Waals surface area (Å²) in [7, 11) is 0. The lowest BCUT2D eigenvalue weighted by Crippen LogP contribution is -2.49. The Morgan fingerprint density at radius 2 is 1.85 bits per heavy atom. The molecule has 7 heteroatoms. The van der Waals surface area contributed by atoms with Gasteiger partial charge in [0.2, 0.25) is 0 Å². The van der Waals surface area contributed by atoms with E-state index in [1.807, 2.05) is 0 Å². The highest BCUT2D eigenvalue weighted by Crippen LogP contribution is 2.01. The number of hydrogen-bond donors (Lipinski definition) is 5. The highest BCUT2D eigenvalue weighted by molar-refractivity contribution is 5.85. The van der Waals surface area contributed by atoms with Crippen LogP contribution in [0.5, 0.6) is 0 Å². The SMILES string of the molecule is Cl.[3H]C(=O)[C@H](N)[C@@H](O)[C@@H](O)[C@H](O)CO. The number of aliphatic hydroxyl groups is 4. The number of hydrogen-bond acceptors (Lipinski definition) is 6. The van der Waals surface area contributed by atoms with Crippen molar-refractivity contribution in [2.75, 3.05) is 6.61 Å². The molecule has 0 aliphatic carbocycles. The van der Waals surface area contributed by atoms with Gasteiger partial charge in [-0.15, -0.1) is 12.4 Å². The zero-order chi connectivity index (χ0) is 10.6. The number of carbonyl (C=O) groups is 1. The molecule has 4 atom stereocenters. The van der Waals surface area contributed by atoms with Gasteiger partial charge in [0, 0.05) is 0 Å². The van der Waals surface area contributed by atoms with Crippen LogP contribution in [-0.2, 0) is 4.79 Å². The monoisotopic (exact) mass is 217 g/mol. The molecule has 0 aliphatic heterocycles. The molecule has 0 amide bonds. The molecule has 0 aromatic heterocycles. The van der Waals surface area contributed by atoms with Gasteiger partial charge in [-0.05, 0) is 0 Å². The maximum absolute atomic E-state index is 10.3. The van der Waals surface area contributed by atoms with Crippen molar-refractivity contribution in [1.82, 2.24) is 0 Å². The van der Waals surface area contributed by atoms with Crippen LogP contribution in [0.2, 0.25) is 0 Å². The maximum Gasteiger partial charge on any atom is 0.139 e. The van der Waals surface area contributed by atoms with Gasteiger partial charge in [-0.1, -0.05) is 0 Å². The van der Waals surface area contributed by atoms with Crippen molar-refractivity contribution in [2.45, 2.75) is 24.4 Å². The molecule has 0 saturated heterocycles. The fraction of sp³-hybridized carbons (Fsp3) is 0.833. The summed E-state index contributed by atoms with van der Waals surface area (Å²) in [4.78, 5) is 10.3. The first-order chi connectivity index (χ1) is 5.91. The highest BCUT2D eigenvalue weighted by atomic mass is 35.5. The molecule has 0 heterocycles. The van der Waals surface area contributed by atoms with Gasteiger partial charge >= 0.3 is 0 Å². The van der Waals surface area contributed by atoms with Gasteiger partial charge < -0.3 is 31.0 Å². The Morgan fingerprint density at radius 1 is 1.38 bits per heavy atom. The summed E-state index contributed by atoms with van der Waals surface area (Å²) in [6.07, 6.45) is -6.33. The molecule has 0 unspecified atom stereocenters. The Hall–Kier alpha value is -0.240. The van der Waals surface area contributed by atoms with E-state index in [-0.39, 0.29) is 12.4 Å². The molecule has 0 aromatic rings. The molecule has 0 fully saturated rings. The van der Waals surface area contributed by atoms with E-state index in [2.05, 4.69) is 0 Å². The number of carbonyl (C=O) groups excluding carboxylic acids is 1. The van der Waals surface area contributed by atoms with Crippen molar-refractivity contribution in [2.24, 2.45) is 5.73 Å². The van der Waals surface area contributed by atoms with E-state index in [0.717, 1.165) is 0 Å². The summed E-state index contributed by atoms with van der Waals surface area (Å²) < 4.78 is 6.53. The highest BCUT2D eigenvalue weighted by Gasteiger charge is 2.28. The zero-order valence-electron chi connectivity index (χ0n) is 7.70. The molecule has 6 N–H and O–H groups in total. The molecule has 0 aliphatic rings. The van der Waals surface area contributed by atoms with Crippen molar-refractivity contribution in [3.05, 3.63) is 0 Å². The molecule has 0 bridgehead atoms. The Balaban J connectivity index is 0.